The van der Waals surface area contributed by atoms with Crippen LogP contribution in [0.1, 0.15) is 21.5 Å². The molecule has 2 N–H and O–H groups in total. The molecule has 8 heteroatoms. The van der Waals surface area contributed by atoms with Crippen LogP contribution in [0.4, 0.5) is 5.69 Å². The molecular formula is C23H21ClN2O4S. The molecule has 3 rings (SSSR count). The van der Waals surface area contributed by atoms with E-state index in [0.717, 1.165) is 5.56 Å². The summed E-state index contributed by atoms with van der Waals surface area (Å²) in [5.74, 6) is -1.81. The van der Waals surface area contributed by atoms with E-state index in [1.807, 2.05) is 18.2 Å². The fourth-order valence-corrected chi connectivity index (χ4v) is 4.37. The van der Waals surface area contributed by atoms with Crippen molar-refractivity contribution in [2.75, 3.05) is 11.1 Å². The molecule has 2 amide bonds. The van der Waals surface area contributed by atoms with E-state index in [1.165, 1.54) is 0 Å². The average molecular weight is 457 g/mol. The number of halogens is 1. The molecule has 0 aromatic heterocycles. The summed E-state index contributed by atoms with van der Waals surface area (Å²) in [5.41, 5.74) is 2.23. The standard InChI is InChI=1S/C23H21ClN2O4S/c24-21-9-5-4-6-19(21)14-25-23(28)18-12-10-17(11-13-18)15-31(29,30)16-22(27)26-20-7-2-1-3-8-20/h1-13H,14-16H2,(H,25,28)(H,26,27). The van der Waals surface area contributed by atoms with Gasteiger partial charge in [0.2, 0.25) is 5.91 Å². The zero-order valence-corrected chi connectivity index (χ0v) is 18.1. The summed E-state index contributed by atoms with van der Waals surface area (Å²) in [6, 6.07) is 22.1. The van der Waals surface area contributed by atoms with Crippen LogP contribution in [0.5, 0.6) is 0 Å². The molecule has 0 spiro atoms. The van der Waals surface area contributed by atoms with E-state index in [0.29, 0.717) is 21.8 Å². The van der Waals surface area contributed by atoms with Crippen molar-refractivity contribution in [1.29, 1.82) is 0 Å². The number of rotatable bonds is 8. The number of carbonyl (C=O) groups is 2. The normalized spacial score (nSPS) is 11.0. The van der Waals surface area contributed by atoms with Crippen LogP contribution >= 0.6 is 11.6 Å². The lowest BCUT2D eigenvalue weighted by Crippen LogP contribution is -2.24. The quantitative estimate of drug-likeness (QED) is 0.539. The van der Waals surface area contributed by atoms with Gasteiger partial charge in [0, 0.05) is 22.8 Å². The van der Waals surface area contributed by atoms with E-state index in [9.17, 15) is 18.0 Å². The predicted octanol–water partition coefficient (Wildman–Crippen LogP) is 3.82. The van der Waals surface area contributed by atoms with Crippen molar-refractivity contribution >= 4 is 38.9 Å². The third kappa shape index (κ3) is 6.94. The second-order valence-corrected chi connectivity index (χ2v) is 9.39. The van der Waals surface area contributed by atoms with Gasteiger partial charge in [0.1, 0.15) is 5.75 Å². The number of amides is 2. The van der Waals surface area contributed by atoms with Crippen molar-refractivity contribution in [2.45, 2.75) is 12.3 Å². The summed E-state index contributed by atoms with van der Waals surface area (Å²) in [6.07, 6.45) is 0. The lowest BCUT2D eigenvalue weighted by molar-refractivity contribution is -0.113. The van der Waals surface area contributed by atoms with Gasteiger partial charge in [0.15, 0.2) is 9.84 Å². The molecular weight excluding hydrogens is 436 g/mol. The second kappa shape index (κ2) is 10.2. The van der Waals surface area contributed by atoms with Crippen molar-refractivity contribution < 1.29 is 18.0 Å². The Morgan fingerprint density at radius 1 is 0.839 bits per heavy atom. The fraction of sp³-hybridized carbons (Fsp3) is 0.130. The molecule has 0 fully saturated rings. The molecule has 0 aliphatic carbocycles. The Balaban J connectivity index is 1.54. The largest absolute Gasteiger partial charge is 0.348 e. The van der Waals surface area contributed by atoms with E-state index in [-0.39, 0.29) is 18.2 Å². The lowest BCUT2D eigenvalue weighted by atomic mass is 10.1. The van der Waals surface area contributed by atoms with Crippen molar-refractivity contribution in [3.05, 3.63) is 101 Å². The molecule has 0 saturated carbocycles. The molecule has 0 heterocycles. The lowest BCUT2D eigenvalue weighted by Gasteiger charge is -2.09. The van der Waals surface area contributed by atoms with Crippen LogP contribution in [-0.2, 0) is 26.9 Å². The first-order valence-electron chi connectivity index (χ1n) is 9.48. The Labute approximate surface area is 186 Å². The smallest absolute Gasteiger partial charge is 0.251 e. The van der Waals surface area contributed by atoms with Crippen LogP contribution in [0.2, 0.25) is 5.02 Å². The van der Waals surface area contributed by atoms with Gasteiger partial charge in [-0.1, -0.05) is 60.1 Å². The average Bonchev–Trinajstić information content (AvgIpc) is 2.73. The number of anilines is 1. The van der Waals surface area contributed by atoms with E-state index in [4.69, 9.17) is 11.6 Å². The second-order valence-electron chi connectivity index (χ2n) is 6.92. The Morgan fingerprint density at radius 3 is 2.16 bits per heavy atom. The Hall–Kier alpha value is -3.16. The topological polar surface area (TPSA) is 92.3 Å². The summed E-state index contributed by atoms with van der Waals surface area (Å²) in [5, 5.41) is 5.91. The van der Waals surface area contributed by atoms with Gasteiger partial charge in [-0.05, 0) is 41.5 Å². The Bertz CT molecular complexity index is 1160. The maximum atomic E-state index is 12.4. The van der Waals surface area contributed by atoms with Gasteiger partial charge >= 0.3 is 0 Å². The highest BCUT2D eigenvalue weighted by molar-refractivity contribution is 7.91. The van der Waals surface area contributed by atoms with Crippen LogP contribution in [0, 0.1) is 0 Å². The van der Waals surface area contributed by atoms with Gasteiger partial charge in [-0.15, -0.1) is 0 Å². The van der Waals surface area contributed by atoms with E-state index in [2.05, 4.69) is 10.6 Å². The Kier molecular flexibility index (Phi) is 7.44. The number of para-hydroxylation sites is 1. The summed E-state index contributed by atoms with van der Waals surface area (Å²) >= 11 is 6.08. The number of hydrogen-bond donors (Lipinski definition) is 2. The summed E-state index contributed by atoms with van der Waals surface area (Å²) in [7, 11) is -3.67. The van der Waals surface area contributed by atoms with Crippen molar-refractivity contribution in [3.63, 3.8) is 0 Å². The number of carbonyl (C=O) groups excluding carboxylic acids is 2. The van der Waals surface area contributed by atoms with Crippen LogP contribution in [0.15, 0.2) is 78.9 Å². The van der Waals surface area contributed by atoms with Crippen molar-refractivity contribution in [1.82, 2.24) is 5.32 Å². The highest BCUT2D eigenvalue weighted by atomic mass is 35.5. The molecule has 0 atom stereocenters. The molecule has 0 aliphatic rings. The minimum absolute atomic E-state index is 0.283. The number of hydrogen-bond acceptors (Lipinski definition) is 4. The fourth-order valence-electron chi connectivity index (χ4n) is 2.89. The van der Waals surface area contributed by atoms with Gasteiger partial charge in [-0.3, -0.25) is 9.59 Å². The van der Waals surface area contributed by atoms with E-state index in [1.54, 1.807) is 60.7 Å². The first-order valence-corrected chi connectivity index (χ1v) is 11.7. The minimum atomic E-state index is -3.67. The molecule has 6 nitrogen and oxygen atoms in total. The Morgan fingerprint density at radius 2 is 1.48 bits per heavy atom. The summed E-state index contributed by atoms with van der Waals surface area (Å²) in [4.78, 5) is 24.3. The van der Waals surface area contributed by atoms with E-state index < -0.39 is 21.5 Å². The van der Waals surface area contributed by atoms with Crippen LogP contribution in [-0.4, -0.2) is 26.0 Å². The minimum Gasteiger partial charge on any atom is -0.348 e. The van der Waals surface area contributed by atoms with Crippen molar-refractivity contribution in [3.8, 4) is 0 Å². The first kappa shape index (κ1) is 22.5. The molecule has 0 aliphatic heterocycles. The van der Waals surface area contributed by atoms with E-state index >= 15 is 0 Å². The predicted molar refractivity (Wildman–Crippen MR) is 122 cm³/mol. The highest BCUT2D eigenvalue weighted by Gasteiger charge is 2.18. The van der Waals surface area contributed by atoms with Crippen LogP contribution in [0.25, 0.3) is 0 Å². The SMILES string of the molecule is O=C(CS(=O)(=O)Cc1ccc(C(=O)NCc2ccccc2Cl)cc1)Nc1ccccc1. The molecule has 0 bridgehead atoms. The maximum absolute atomic E-state index is 12.4. The zero-order chi connectivity index (χ0) is 22.3. The zero-order valence-electron chi connectivity index (χ0n) is 16.5. The van der Waals surface area contributed by atoms with Crippen molar-refractivity contribution in [2.24, 2.45) is 0 Å². The first-order chi connectivity index (χ1) is 14.8. The summed E-state index contributed by atoms with van der Waals surface area (Å²) in [6.45, 7) is 0.283. The molecule has 3 aromatic rings. The van der Waals surface area contributed by atoms with Gasteiger partial charge in [-0.25, -0.2) is 8.42 Å². The van der Waals surface area contributed by atoms with Gasteiger partial charge in [0.25, 0.3) is 5.91 Å². The third-order valence-electron chi connectivity index (χ3n) is 4.41. The molecule has 31 heavy (non-hydrogen) atoms. The monoisotopic (exact) mass is 456 g/mol. The van der Waals surface area contributed by atoms with Crippen LogP contribution in [0.3, 0.4) is 0 Å². The van der Waals surface area contributed by atoms with Gasteiger partial charge in [0.05, 0.1) is 5.75 Å². The third-order valence-corrected chi connectivity index (χ3v) is 6.25. The van der Waals surface area contributed by atoms with Gasteiger partial charge in [-0.2, -0.15) is 0 Å². The molecule has 0 unspecified atom stereocenters. The molecule has 0 saturated heterocycles. The molecule has 0 radical (unpaired) electrons. The number of sulfone groups is 1. The number of benzene rings is 3. The maximum Gasteiger partial charge on any atom is 0.251 e. The molecule has 3 aromatic carbocycles. The highest BCUT2D eigenvalue weighted by Crippen LogP contribution is 2.15. The summed E-state index contributed by atoms with van der Waals surface area (Å²) < 4.78 is 24.7. The molecule has 160 valence electrons. The number of nitrogens with one attached hydrogen (secondary N) is 2. The van der Waals surface area contributed by atoms with Crippen LogP contribution < -0.4 is 10.6 Å². The van der Waals surface area contributed by atoms with Gasteiger partial charge < -0.3 is 10.6 Å².